The van der Waals surface area contributed by atoms with Crippen LogP contribution in [0.15, 0.2) is 66.0 Å². The number of hydrogen-bond acceptors (Lipinski definition) is 4. The molecule has 160 valence electrons. The predicted molar refractivity (Wildman–Crippen MR) is 116 cm³/mol. The molecule has 3 heterocycles. The summed E-state index contributed by atoms with van der Waals surface area (Å²) < 4.78 is 15.3. The third kappa shape index (κ3) is 3.30. The number of benzene rings is 2. The minimum atomic E-state index is -0.572. The number of nitrogens with one attached hydrogen (secondary N) is 1. The highest BCUT2D eigenvalue weighted by Crippen LogP contribution is 2.37. The van der Waals surface area contributed by atoms with E-state index in [2.05, 4.69) is 15.3 Å². The Morgan fingerprint density at radius 2 is 1.97 bits per heavy atom. The number of hydrogen-bond donors (Lipinski definition) is 2. The van der Waals surface area contributed by atoms with Gasteiger partial charge in [0.1, 0.15) is 11.9 Å². The van der Waals surface area contributed by atoms with Crippen LogP contribution in [0.5, 0.6) is 0 Å². The van der Waals surface area contributed by atoms with Crippen molar-refractivity contribution in [2.24, 2.45) is 5.73 Å². The Bertz CT molecular complexity index is 1400. The van der Waals surface area contributed by atoms with Gasteiger partial charge >= 0.3 is 0 Å². The second-order valence-corrected chi connectivity index (χ2v) is 8.03. The smallest absolute Gasteiger partial charge is 0.252 e. The third-order valence-corrected chi connectivity index (χ3v) is 5.93. The van der Waals surface area contributed by atoms with Crippen molar-refractivity contribution in [2.75, 3.05) is 0 Å². The molecule has 0 saturated heterocycles. The average molecular weight is 429 g/mol. The lowest BCUT2D eigenvalue weighted by atomic mass is 9.84. The minimum Gasteiger partial charge on any atom is -0.365 e. The number of nitrogens with zero attached hydrogens (tertiary/aromatic N) is 3. The van der Waals surface area contributed by atoms with Crippen LogP contribution in [0.3, 0.4) is 0 Å². The van der Waals surface area contributed by atoms with E-state index in [4.69, 9.17) is 5.73 Å². The summed E-state index contributed by atoms with van der Waals surface area (Å²) >= 11 is 0. The van der Waals surface area contributed by atoms with E-state index >= 15 is 0 Å². The number of carbonyl (C=O) groups is 2. The Labute approximate surface area is 182 Å². The van der Waals surface area contributed by atoms with Crippen molar-refractivity contribution in [3.8, 4) is 0 Å². The Morgan fingerprint density at radius 1 is 1.19 bits per heavy atom. The predicted octanol–water partition coefficient (Wildman–Crippen LogP) is 3.27. The lowest BCUT2D eigenvalue weighted by molar-refractivity contribution is -0.115. The summed E-state index contributed by atoms with van der Waals surface area (Å²) in [5, 5.41) is 12.2. The number of allylic oxidation sites excluding steroid dienone is 2. The maximum Gasteiger partial charge on any atom is 0.252 e. The monoisotopic (exact) mass is 429 g/mol. The number of ketones is 1. The summed E-state index contributed by atoms with van der Waals surface area (Å²) in [7, 11) is 0. The van der Waals surface area contributed by atoms with Crippen molar-refractivity contribution < 1.29 is 14.0 Å². The van der Waals surface area contributed by atoms with Crippen molar-refractivity contribution in [1.29, 1.82) is 0 Å². The fraction of sp³-hybridized carbons (Fsp3) is 0.167. The number of amides is 1. The van der Waals surface area contributed by atoms with Gasteiger partial charge in [-0.3, -0.25) is 19.4 Å². The molecule has 0 spiro atoms. The molecule has 1 aliphatic rings. The summed E-state index contributed by atoms with van der Waals surface area (Å²) in [4.78, 5) is 25.5. The standard InChI is InChI=1S/C24H20FN5O2/c1-13-8-20-18(24(26)32)12-28-30(20)23(15-3-5-17(25)6-4-15)22(13)21(31)10-14-2-7-19-16(9-14)11-27-29-19/h2-7,9,11-12,23H,8,10H2,1H3,(H2,26,32)(H,27,29). The highest BCUT2D eigenvalue weighted by Gasteiger charge is 2.34. The van der Waals surface area contributed by atoms with Gasteiger partial charge in [-0.05, 0) is 42.3 Å². The van der Waals surface area contributed by atoms with Gasteiger partial charge < -0.3 is 5.73 Å². The van der Waals surface area contributed by atoms with Crippen molar-refractivity contribution in [3.63, 3.8) is 0 Å². The lowest BCUT2D eigenvalue weighted by Gasteiger charge is -2.29. The number of nitrogens with two attached hydrogens (primary N) is 1. The van der Waals surface area contributed by atoms with Crippen molar-refractivity contribution in [1.82, 2.24) is 20.0 Å². The Hall–Kier alpha value is -4.07. The van der Waals surface area contributed by atoms with Gasteiger partial charge in [0.2, 0.25) is 0 Å². The van der Waals surface area contributed by atoms with E-state index in [1.54, 1.807) is 23.0 Å². The first kappa shape index (κ1) is 19.9. The minimum absolute atomic E-state index is 0.0542. The van der Waals surface area contributed by atoms with Crippen molar-refractivity contribution in [3.05, 3.63) is 94.2 Å². The highest BCUT2D eigenvalue weighted by atomic mass is 19.1. The van der Waals surface area contributed by atoms with E-state index in [0.29, 0.717) is 28.8 Å². The summed E-state index contributed by atoms with van der Waals surface area (Å²) in [5.74, 6) is -0.994. The molecular weight excluding hydrogens is 409 g/mol. The fourth-order valence-electron chi connectivity index (χ4n) is 4.42. The Morgan fingerprint density at radius 3 is 2.72 bits per heavy atom. The van der Waals surface area contributed by atoms with Crippen LogP contribution in [0.2, 0.25) is 0 Å². The molecule has 0 saturated carbocycles. The molecule has 3 N–H and O–H groups in total. The van der Waals surface area contributed by atoms with E-state index in [1.165, 1.54) is 18.3 Å². The molecule has 7 nitrogen and oxygen atoms in total. The molecule has 2 aromatic carbocycles. The molecule has 1 atom stereocenters. The number of Topliss-reactive ketones (excluding diaryl/α,β-unsaturated/α-hetero) is 1. The molecule has 8 heteroatoms. The zero-order valence-electron chi connectivity index (χ0n) is 17.3. The van der Waals surface area contributed by atoms with Crippen molar-refractivity contribution >= 4 is 22.6 Å². The summed E-state index contributed by atoms with van der Waals surface area (Å²) in [5.41, 5.74) is 10.4. The summed E-state index contributed by atoms with van der Waals surface area (Å²) in [6.07, 6.45) is 3.74. The average Bonchev–Trinajstić information content (AvgIpc) is 3.39. The van der Waals surface area contributed by atoms with Crippen LogP contribution in [-0.4, -0.2) is 31.7 Å². The van der Waals surface area contributed by atoms with Crippen LogP contribution in [0.1, 0.15) is 40.1 Å². The number of rotatable bonds is 5. The van der Waals surface area contributed by atoms with Crippen LogP contribution in [0.4, 0.5) is 4.39 Å². The van der Waals surface area contributed by atoms with Crippen LogP contribution in [0, 0.1) is 5.82 Å². The van der Waals surface area contributed by atoms with Crippen LogP contribution < -0.4 is 5.73 Å². The zero-order chi connectivity index (χ0) is 22.4. The Balaban J connectivity index is 1.58. The van der Waals surface area contributed by atoms with Gasteiger partial charge in [0.15, 0.2) is 5.78 Å². The number of H-pyrrole nitrogens is 1. The first-order chi connectivity index (χ1) is 15.4. The van der Waals surface area contributed by atoms with E-state index < -0.39 is 11.9 Å². The van der Waals surface area contributed by atoms with Gasteiger partial charge in [0, 0.05) is 23.8 Å². The number of carbonyl (C=O) groups excluding carboxylic acids is 2. The first-order valence-electron chi connectivity index (χ1n) is 10.2. The molecular formula is C24H20FN5O2. The molecule has 1 amide bonds. The number of halogens is 1. The van der Waals surface area contributed by atoms with Crippen LogP contribution in [0.25, 0.3) is 10.9 Å². The fourth-order valence-corrected chi connectivity index (χ4v) is 4.42. The van der Waals surface area contributed by atoms with Gasteiger partial charge in [0.05, 0.1) is 29.2 Å². The topological polar surface area (TPSA) is 107 Å². The van der Waals surface area contributed by atoms with Gasteiger partial charge in [-0.15, -0.1) is 0 Å². The van der Waals surface area contributed by atoms with E-state index in [-0.39, 0.29) is 18.0 Å². The normalized spacial score (nSPS) is 15.8. The first-order valence-corrected chi connectivity index (χ1v) is 10.2. The molecule has 2 aromatic heterocycles. The van der Waals surface area contributed by atoms with Gasteiger partial charge in [-0.1, -0.05) is 23.8 Å². The molecule has 0 radical (unpaired) electrons. The number of fused-ring (bicyclic) bond motifs is 2. The molecule has 1 aliphatic heterocycles. The van der Waals surface area contributed by atoms with Crippen LogP contribution in [-0.2, 0) is 17.6 Å². The number of aromatic nitrogens is 4. The molecule has 1 unspecified atom stereocenters. The van der Waals surface area contributed by atoms with Crippen LogP contribution >= 0.6 is 0 Å². The zero-order valence-corrected chi connectivity index (χ0v) is 17.3. The van der Waals surface area contributed by atoms with Gasteiger partial charge in [-0.25, -0.2) is 4.39 Å². The molecule has 32 heavy (non-hydrogen) atoms. The van der Waals surface area contributed by atoms with E-state index in [1.807, 2.05) is 25.1 Å². The van der Waals surface area contributed by atoms with Gasteiger partial charge in [0.25, 0.3) is 5.91 Å². The maximum atomic E-state index is 13.6. The maximum absolute atomic E-state index is 13.6. The third-order valence-electron chi connectivity index (χ3n) is 5.93. The largest absolute Gasteiger partial charge is 0.365 e. The molecule has 0 fully saturated rings. The molecule has 0 bridgehead atoms. The Kier molecular flexibility index (Phi) is 4.70. The second-order valence-electron chi connectivity index (χ2n) is 8.03. The second kappa shape index (κ2) is 7.56. The molecule has 4 aromatic rings. The van der Waals surface area contributed by atoms with E-state index in [9.17, 15) is 14.0 Å². The molecule has 5 rings (SSSR count). The van der Waals surface area contributed by atoms with E-state index in [0.717, 1.165) is 22.0 Å². The number of aromatic amines is 1. The highest BCUT2D eigenvalue weighted by molar-refractivity contribution is 6.00. The lowest BCUT2D eigenvalue weighted by Crippen LogP contribution is -2.29. The SMILES string of the molecule is CC1=C(C(=O)Cc2ccc3[nH]ncc3c2)C(c2ccc(F)cc2)n2ncc(C(N)=O)c2C1. The van der Waals surface area contributed by atoms with Gasteiger partial charge in [-0.2, -0.15) is 10.2 Å². The van der Waals surface area contributed by atoms with Crippen molar-refractivity contribution in [2.45, 2.75) is 25.8 Å². The summed E-state index contributed by atoms with van der Waals surface area (Å²) in [6.45, 7) is 1.88. The summed E-state index contributed by atoms with van der Waals surface area (Å²) in [6, 6.07) is 11.1. The molecule has 0 aliphatic carbocycles. The number of primary amides is 1. The quantitative estimate of drug-likeness (QED) is 0.508.